The summed E-state index contributed by atoms with van der Waals surface area (Å²) in [6.07, 6.45) is 1.35. The maximum absolute atomic E-state index is 13.6. The number of rotatable bonds is 3. The normalized spacial score (nSPS) is 16.2. The molecule has 0 N–H and O–H groups in total. The minimum absolute atomic E-state index is 0.136. The van der Waals surface area contributed by atoms with Gasteiger partial charge in [0, 0.05) is 12.4 Å². The molecule has 1 aliphatic heterocycles. The van der Waals surface area contributed by atoms with Gasteiger partial charge in [0.2, 0.25) is 0 Å². The summed E-state index contributed by atoms with van der Waals surface area (Å²) in [6.45, 7) is 1.02. The van der Waals surface area contributed by atoms with Crippen molar-refractivity contribution in [3.63, 3.8) is 0 Å². The van der Waals surface area contributed by atoms with Gasteiger partial charge in [0.1, 0.15) is 24.6 Å². The van der Waals surface area contributed by atoms with Gasteiger partial charge in [-0.25, -0.2) is 14.4 Å². The summed E-state index contributed by atoms with van der Waals surface area (Å²) in [7, 11) is 1.90. The molecule has 0 radical (unpaired) electrons. The minimum Gasteiger partial charge on any atom is -0.486 e. The Labute approximate surface area is 138 Å². The molecule has 1 aromatic heterocycles. The number of hydrogen-bond donors (Lipinski definition) is 0. The first-order chi connectivity index (χ1) is 11.7. The van der Waals surface area contributed by atoms with Crippen LogP contribution in [0, 0.1) is 5.82 Å². The number of likely N-dealkylation sites (N-methyl/N-ethyl adjacent to an activating group) is 1. The number of fused-ring (bicyclic) bond motifs is 2. The molecule has 1 atom stereocenters. The Hall–Kier alpha value is -2.89. The van der Waals surface area contributed by atoms with E-state index in [4.69, 9.17) is 9.47 Å². The van der Waals surface area contributed by atoms with Gasteiger partial charge in [-0.3, -0.25) is 0 Å². The molecule has 4 rings (SSSR count). The van der Waals surface area contributed by atoms with E-state index in [1.54, 1.807) is 6.07 Å². The zero-order valence-corrected chi connectivity index (χ0v) is 13.1. The van der Waals surface area contributed by atoms with Gasteiger partial charge in [0.05, 0.1) is 12.1 Å². The van der Waals surface area contributed by atoms with Crippen molar-refractivity contribution in [3.8, 4) is 11.5 Å². The molecule has 0 saturated carbocycles. The summed E-state index contributed by atoms with van der Waals surface area (Å²) in [5.74, 6) is 1.85. The Bertz CT molecular complexity index is 887. The van der Waals surface area contributed by atoms with Crippen LogP contribution in [-0.4, -0.2) is 36.3 Å². The molecule has 0 amide bonds. The molecular weight excluding hydrogens is 309 g/mol. The van der Waals surface area contributed by atoms with Crippen LogP contribution >= 0.6 is 0 Å². The lowest BCUT2D eigenvalue weighted by atomic mass is 10.2. The number of benzene rings is 2. The van der Waals surface area contributed by atoms with Crippen molar-refractivity contribution in [2.45, 2.75) is 6.10 Å². The third kappa shape index (κ3) is 2.71. The monoisotopic (exact) mass is 325 g/mol. The molecule has 0 bridgehead atoms. The Morgan fingerprint density at radius 1 is 1.17 bits per heavy atom. The first-order valence-corrected chi connectivity index (χ1v) is 7.70. The molecule has 2 heterocycles. The summed E-state index contributed by atoms with van der Waals surface area (Å²) in [4.78, 5) is 10.4. The largest absolute Gasteiger partial charge is 0.486 e. The third-order valence-electron chi connectivity index (χ3n) is 3.98. The van der Waals surface area contributed by atoms with Crippen LogP contribution < -0.4 is 14.4 Å². The summed E-state index contributed by atoms with van der Waals surface area (Å²) in [5, 5.41) is 0.678. The van der Waals surface area contributed by atoms with Crippen molar-refractivity contribution < 1.29 is 13.9 Å². The van der Waals surface area contributed by atoms with Crippen LogP contribution in [-0.2, 0) is 0 Å². The predicted octanol–water partition coefficient (Wildman–Crippen LogP) is 3.05. The van der Waals surface area contributed by atoms with Gasteiger partial charge in [0.25, 0.3) is 0 Å². The average Bonchev–Trinajstić information content (AvgIpc) is 2.61. The third-order valence-corrected chi connectivity index (χ3v) is 3.98. The van der Waals surface area contributed by atoms with E-state index in [9.17, 15) is 4.39 Å². The Balaban J connectivity index is 1.57. The van der Waals surface area contributed by atoms with E-state index in [0.717, 1.165) is 11.5 Å². The molecule has 0 fully saturated rings. The smallest absolute Gasteiger partial charge is 0.161 e. The molecule has 5 nitrogen and oxygen atoms in total. The Kier molecular flexibility index (Phi) is 3.65. The molecular formula is C18H16FN3O2. The lowest BCUT2D eigenvalue weighted by Gasteiger charge is -2.30. The van der Waals surface area contributed by atoms with Crippen LogP contribution in [0.3, 0.4) is 0 Å². The molecule has 0 spiro atoms. The molecule has 122 valence electrons. The van der Waals surface area contributed by atoms with E-state index in [0.29, 0.717) is 29.9 Å². The van der Waals surface area contributed by atoms with E-state index < -0.39 is 0 Å². The van der Waals surface area contributed by atoms with Gasteiger partial charge >= 0.3 is 0 Å². The molecule has 3 aromatic rings. The van der Waals surface area contributed by atoms with Gasteiger partial charge in [-0.1, -0.05) is 12.1 Å². The number of halogens is 1. The number of nitrogens with zero attached hydrogens (tertiary/aromatic N) is 3. The molecule has 6 heteroatoms. The van der Waals surface area contributed by atoms with E-state index in [1.165, 1.54) is 18.5 Å². The van der Waals surface area contributed by atoms with Crippen LogP contribution in [0.25, 0.3) is 10.9 Å². The zero-order chi connectivity index (χ0) is 16.5. The van der Waals surface area contributed by atoms with Gasteiger partial charge in [0.15, 0.2) is 17.6 Å². The fourth-order valence-corrected chi connectivity index (χ4v) is 2.86. The zero-order valence-electron chi connectivity index (χ0n) is 13.1. The van der Waals surface area contributed by atoms with Gasteiger partial charge < -0.3 is 14.4 Å². The van der Waals surface area contributed by atoms with Crippen LogP contribution in [0.1, 0.15) is 0 Å². The molecule has 1 unspecified atom stereocenters. The van der Waals surface area contributed by atoms with Crippen molar-refractivity contribution in [1.82, 2.24) is 9.97 Å². The minimum atomic E-state index is -0.307. The Morgan fingerprint density at radius 3 is 2.88 bits per heavy atom. The van der Waals surface area contributed by atoms with Crippen molar-refractivity contribution in [2.24, 2.45) is 0 Å². The number of ether oxygens (including phenoxy) is 2. The summed E-state index contributed by atoms with van der Waals surface area (Å²) in [6, 6.07) is 12.1. The highest BCUT2D eigenvalue weighted by molar-refractivity contribution is 5.89. The number of aromatic nitrogens is 2. The van der Waals surface area contributed by atoms with E-state index in [1.807, 2.05) is 36.2 Å². The summed E-state index contributed by atoms with van der Waals surface area (Å²) >= 11 is 0. The fraction of sp³-hybridized carbons (Fsp3) is 0.222. The van der Waals surface area contributed by atoms with Crippen molar-refractivity contribution in [2.75, 3.05) is 25.1 Å². The average molecular weight is 325 g/mol. The highest BCUT2D eigenvalue weighted by atomic mass is 19.1. The number of para-hydroxylation sites is 2. The topological polar surface area (TPSA) is 47.5 Å². The van der Waals surface area contributed by atoms with E-state index >= 15 is 0 Å². The summed E-state index contributed by atoms with van der Waals surface area (Å²) in [5.41, 5.74) is 0.708. The fourth-order valence-electron chi connectivity index (χ4n) is 2.86. The maximum atomic E-state index is 13.6. The van der Waals surface area contributed by atoms with Crippen LogP contribution in [0.2, 0.25) is 0 Å². The molecule has 0 aliphatic carbocycles. The molecule has 1 aliphatic rings. The lowest BCUT2D eigenvalue weighted by molar-refractivity contribution is 0.0960. The van der Waals surface area contributed by atoms with Crippen LogP contribution in [0.15, 0.2) is 48.8 Å². The van der Waals surface area contributed by atoms with E-state index in [2.05, 4.69) is 9.97 Å². The maximum Gasteiger partial charge on any atom is 0.161 e. The van der Waals surface area contributed by atoms with Gasteiger partial charge in [-0.15, -0.1) is 0 Å². The SMILES string of the molecule is CN(CC1COc2ccccc2O1)c1ncnc2ccc(F)cc12. The second kappa shape index (κ2) is 5.96. The molecule has 2 aromatic carbocycles. The van der Waals surface area contributed by atoms with Crippen molar-refractivity contribution >= 4 is 16.7 Å². The lowest BCUT2D eigenvalue weighted by Crippen LogP contribution is -2.39. The van der Waals surface area contributed by atoms with E-state index in [-0.39, 0.29) is 11.9 Å². The Morgan fingerprint density at radius 2 is 2.00 bits per heavy atom. The highest BCUT2D eigenvalue weighted by Crippen LogP contribution is 2.31. The number of anilines is 1. The predicted molar refractivity (Wildman–Crippen MR) is 89.1 cm³/mol. The van der Waals surface area contributed by atoms with Gasteiger partial charge in [-0.05, 0) is 30.3 Å². The quantitative estimate of drug-likeness (QED) is 0.741. The standard InChI is InChI=1S/C18H16FN3O2/c1-22(9-13-10-23-16-4-2-3-5-17(16)24-13)18-14-8-12(19)6-7-15(14)20-11-21-18/h2-8,11,13H,9-10H2,1H3. The first-order valence-electron chi connectivity index (χ1n) is 7.70. The van der Waals surface area contributed by atoms with Crippen LogP contribution in [0.4, 0.5) is 10.2 Å². The second-order valence-corrected chi connectivity index (χ2v) is 5.74. The highest BCUT2D eigenvalue weighted by Gasteiger charge is 2.23. The number of hydrogen-bond acceptors (Lipinski definition) is 5. The van der Waals surface area contributed by atoms with Crippen molar-refractivity contribution in [1.29, 1.82) is 0 Å². The first kappa shape index (κ1) is 14.7. The summed E-state index contributed by atoms with van der Waals surface area (Å²) < 4.78 is 25.3. The van der Waals surface area contributed by atoms with Crippen LogP contribution in [0.5, 0.6) is 11.5 Å². The molecule has 0 saturated heterocycles. The second-order valence-electron chi connectivity index (χ2n) is 5.74. The van der Waals surface area contributed by atoms with Gasteiger partial charge in [-0.2, -0.15) is 0 Å². The molecule has 24 heavy (non-hydrogen) atoms. The van der Waals surface area contributed by atoms with Crippen molar-refractivity contribution in [3.05, 3.63) is 54.6 Å².